The molecule has 0 aromatic carbocycles. The summed E-state index contributed by atoms with van der Waals surface area (Å²) in [7, 11) is 1.55. The van der Waals surface area contributed by atoms with Crippen LogP contribution in [0.3, 0.4) is 0 Å². The van der Waals surface area contributed by atoms with Crippen molar-refractivity contribution in [2.75, 3.05) is 7.11 Å². The van der Waals surface area contributed by atoms with Gasteiger partial charge in [-0.1, -0.05) is 26.5 Å². The second-order valence-corrected chi connectivity index (χ2v) is 1.55. The lowest BCUT2D eigenvalue weighted by atomic mass is 10.3. The molecule has 0 saturated heterocycles. The molecular formula is C9H17NO. The summed E-state index contributed by atoms with van der Waals surface area (Å²) in [6.45, 7) is 12.7. The highest BCUT2D eigenvalue weighted by Crippen LogP contribution is 2.04. The first kappa shape index (κ1) is 12.6. The average Bonchev–Trinajstić information content (AvgIpc) is 2.10. The summed E-state index contributed by atoms with van der Waals surface area (Å²) in [4.78, 5) is 3.61. The van der Waals surface area contributed by atoms with Gasteiger partial charge in [0.15, 0.2) is 0 Å². The van der Waals surface area contributed by atoms with Crippen molar-refractivity contribution in [2.24, 2.45) is 4.99 Å². The fraction of sp³-hybridized carbons (Fsp3) is 0.444. The van der Waals surface area contributed by atoms with Crippen LogP contribution in [0.15, 0.2) is 29.1 Å². The van der Waals surface area contributed by atoms with Crippen molar-refractivity contribution in [3.63, 3.8) is 0 Å². The van der Waals surface area contributed by atoms with Crippen LogP contribution in [-0.4, -0.2) is 13.8 Å². The topological polar surface area (TPSA) is 21.6 Å². The van der Waals surface area contributed by atoms with Crippen LogP contribution in [0.1, 0.15) is 20.8 Å². The third kappa shape index (κ3) is 5.40. The summed E-state index contributed by atoms with van der Waals surface area (Å²) >= 11 is 0. The number of nitrogens with zero attached hydrogens (tertiary/aromatic N) is 1. The van der Waals surface area contributed by atoms with Crippen molar-refractivity contribution in [3.8, 4) is 0 Å². The molecule has 0 rings (SSSR count). The predicted octanol–water partition coefficient (Wildman–Crippen LogP) is 2.78. The molecule has 0 radical (unpaired) electrons. The summed E-state index contributed by atoms with van der Waals surface area (Å²) in [5, 5.41) is 0. The van der Waals surface area contributed by atoms with Crippen molar-refractivity contribution in [1.82, 2.24) is 0 Å². The number of aliphatic imine (C=N–C) groups is 1. The molecule has 0 unspecified atom stereocenters. The fourth-order valence-corrected chi connectivity index (χ4v) is 0.438. The van der Waals surface area contributed by atoms with Gasteiger partial charge in [-0.25, -0.2) is 4.99 Å². The third-order valence-corrected chi connectivity index (χ3v) is 0.980. The SMILES string of the molecule is C=C/C(C)=C(\N=C)OC.CC. The van der Waals surface area contributed by atoms with E-state index < -0.39 is 0 Å². The van der Waals surface area contributed by atoms with Crippen LogP contribution in [0.5, 0.6) is 0 Å². The van der Waals surface area contributed by atoms with Gasteiger partial charge in [0.25, 0.3) is 0 Å². The third-order valence-electron chi connectivity index (χ3n) is 0.980. The van der Waals surface area contributed by atoms with E-state index in [1.54, 1.807) is 13.2 Å². The molecule has 0 spiro atoms. The monoisotopic (exact) mass is 155 g/mol. The first-order valence-electron chi connectivity index (χ1n) is 3.60. The Morgan fingerprint density at radius 2 is 1.91 bits per heavy atom. The van der Waals surface area contributed by atoms with Crippen molar-refractivity contribution in [1.29, 1.82) is 0 Å². The van der Waals surface area contributed by atoms with E-state index in [0.717, 1.165) is 5.57 Å². The molecule has 0 aliphatic rings. The van der Waals surface area contributed by atoms with Crippen molar-refractivity contribution in [3.05, 3.63) is 24.1 Å². The van der Waals surface area contributed by atoms with Crippen molar-refractivity contribution < 1.29 is 4.74 Å². The number of hydrogen-bond acceptors (Lipinski definition) is 2. The summed E-state index contributed by atoms with van der Waals surface area (Å²) < 4.78 is 4.83. The molecule has 0 heterocycles. The zero-order valence-corrected chi connectivity index (χ0v) is 7.85. The molecule has 0 fully saturated rings. The first-order valence-corrected chi connectivity index (χ1v) is 3.60. The number of allylic oxidation sites excluding steroid dienone is 2. The summed E-state index contributed by atoms with van der Waals surface area (Å²) in [6.07, 6.45) is 1.67. The van der Waals surface area contributed by atoms with E-state index in [1.165, 1.54) is 0 Å². The van der Waals surface area contributed by atoms with Gasteiger partial charge in [-0.05, 0) is 13.6 Å². The molecule has 11 heavy (non-hydrogen) atoms. The van der Waals surface area contributed by atoms with Crippen LogP contribution in [0.2, 0.25) is 0 Å². The van der Waals surface area contributed by atoms with Crippen LogP contribution >= 0.6 is 0 Å². The Balaban J connectivity index is 0. The van der Waals surface area contributed by atoms with E-state index in [1.807, 2.05) is 20.8 Å². The minimum Gasteiger partial charge on any atom is -0.481 e. The standard InChI is InChI=1S/C7H11NO.C2H6/c1-5-6(2)7(8-3)9-4;1-2/h5H,1,3H2,2,4H3;1-2H3/b7-6+;. The molecule has 0 aliphatic carbocycles. The lowest BCUT2D eigenvalue weighted by molar-refractivity contribution is 0.286. The Hall–Kier alpha value is -1.05. The number of rotatable bonds is 3. The maximum atomic E-state index is 4.83. The van der Waals surface area contributed by atoms with Crippen LogP contribution in [-0.2, 0) is 4.74 Å². The van der Waals surface area contributed by atoms with Crippen LogP contribution < -0.4 is 0 Å². The first-order chi connectivity index (χ1) is 5.26. The zero-order chi connectivity index (χ0) is 9.28. The highest BCUT2D eigenvalue weighted by Gasteiger charge is 1.91. The van der Waals surface area contributed by atoms with E-state index in [0.29, 0.717) is 5.88 Å². The lowest BCUT2D eigenvalue weighted by Gasteiger charge is -1.99. The van der Waals surface area contributed by atoms with E-state index in [-0.39, 0.29) is 0 Å². The van der Waals surface area contributed by atoms with E-state index >= 15 is 0 Å². The zero-order valence-electron chi connectivity index (χ0n) is 7.85. The van der Waals surface area contributed by atoms with Crippen LogP contribution in [0.25, 0.3) is 0 Å². The van der Waals surface area contributed by atoms with Gasteiger partial charge >= 0.3 is 0 Å². The number of hydrogen-bond donors (Lipinski definition) is 0. The molecule has 2 nitrogen and oxygen atoms in total. The summed E-state index contributed by atoms with van der Waals surface area (Å²) in [6, 6.07) is 0. The van der Waals surface area contributed by atoms with Gasteiger partial charge < -0.3 is 4.74 Å². The maximum absolute atomic E-state index is 4.83. The molecule has 0 N–H and O–H groups in total. The summed E-state index contributed by atoms with van der Waals surface area (Å²) in [5.74, 6) is 0.532. The molecule has 0 saturated carbocycles. The van der Waals surface area contributed by atoms with Gasteiger partial charge in [-0.15, -0.1) is 0 Å². The molecule has 0 bridgehead atoms. The highest BCUT2D eigenvalue weighted by atomic mass is 16.5. The van der Waals surface area contributed by atoms with E-state index in [4.69, 9.17) is 4.74 Å². The molecule has 64 valence electrons. The number of ether oxygens (including phenoxy) is 1. The molecule has 0 aliphatic heterocycles. The Bertz CT molecular complexity index is 148. The minimum absolute atomic E-state index is 0.532. The van der Waals surface area contributed by atoms with Crippen LogP contribution in [0.4, 0.5) is 0 Å². The molecule has 0 amide bonds. The highest BCUT2D eigenvalue weighted by molar-refractivity contribution is 5.30. The Morgan fingerprint density at radius 3 is 2.00 bits per heavy atom. The second-order valence-electron chi connectivity index (χ2n) is 1.55. The summed E-state index contributed by atoms with van der Waals surface area (Å²) in [5.41, 5.74) is 0.896. The van der Waals surface area contributed by atoms with Crippen molar-refractivity contribution >= 4 is 6.72 Å². The fourth-order valence-electron chi connectivity index (χ4n) is 0.438. The van der Waals surface area contributed by atoms with E-state index in [2.05, 4.69) is 18.3 Å². The molecule has 0 atom stereocenters. The van der Waals surface area contributed by atoms with Gasteiger partial charge in [0.2, 0.25) is 5.88 Å². The van der Waals surface area contributed by atoms with Gasteiger partial charge in [-0.3, -0.25) is 0 Å². The molecule has 0 aromatic rings. The quantitative estimate of drug-likeness (QED) is 0.349. The largest absolute Gasteiger partial charge is 0.481 e. The van der Waals surface area contributed by atoms with E-state index in [9.17, 15) is 0 Å². The minimum atomic E-state index is 0.532. The maximum Gasteiger partial charge on any atom is 0.215 e. The Morgan fingerprint density at radius 1 is 1.45 bits per heavy atom. The predicted molar refractivity (Wildman–Crippen MR) is 50.8 cm³/mol. The lowest BCUT2D eigenvalue weighted by Crippen LogP contribution is -1.84. The second kappa shape index (κ2) is 8.95. The smallest absolute Gasteiger partial charge is 0.215 e. The molecule has 2 heteroatoms. The van der Waals surface area contributed by atoms with Gasteiger partial charge in [0.05, 0.1) is 7.11 Å². The van der Waals surface area contributed by atoms with Gasteiger partial charge in [0.1, 0.15) is 0 Å². The Labute approximate surface area is 69.3 Å². The van der Waals surface area contributed by atoms with Crippen molar-refractivity contribution in [2.45, 2.75) is 20.8 Å². The molecular weight excluding hydrogens is 138 g/mol. The normalized spacial score (nSPS) is 10.2. The van der Waals surface area contributed by atoms with Gasteiger partial charge in [-0.2, -0.15) is 0 Å². The number of methoxy groups -OCH3 is 1. The molecule has 0 aromatic heterocycles. The van der Waals surface area contributed by atoms with Crippen LogP contribution in [0, 0.1) is 0 Å². The Kier molecular flexibility index (Phi) is 10.3. The average molecular weight is 155 g/mol. The van der Waals surface area contributed by atoms with Gasteiger partial charge in [0, 0.05) is 5.57 Å².